The van der Waals surface area contributed by atoms with E-state index in [1.54, 1.807) is 13.8 Å². The molecule has 0 unspecified atom stereocenters. The van der Waals surface area contributed by atoms with Gasteiger partial charge in [-0.15, -0.1) is 0 Å². The summed E-state index contributed by atoms with van der Waals surface area (Å²) in [6.45, 7) is 13.7. The number of likely N-dealkylation sites (N-methyl/N-ethyl adjacent to an activating group) is 4. The number of nitrogens with zero attached hydrogens (tertiary/aromatic N) is 3. The van der Waals surface area contributed by atoms with Crippen LogP contribution in [-0.2, 0) is 24.0 Å². The lowest BCUT2D eigenvalue weighted by Crippen LogP contribution is -2.60. The summed E-state index contributed by atoms with van der Waals surface area (Å²) in [5.74, 6) is -2.82. The molecule has 0 aromatic rings. The smallest absolute Gasteiger partial charge is 0.246 e. The van der Waals surface area contributed by atoms with Gasteiger partial charge >= 0.3 is 0 Å². The van der Waals surface area contributed by atoms with Crippen molar-refractivity contribution in [2.24, 2.45) is 11.8 Å². The maximum absolute atomic E-state index is 13.6. The molecule has 0 fully saturated rings. The van der Waals surface area contributed by atoms with Gasteiger partial charge in [-0.2, -0.15) is 0 Å². The van der Waals surface area contributed by atoms with E-state index in [0.717, 1.165) is 0 Å². The molecule has 12 heteroatoms. The van der Waals surface area contributed by atoms with Crippen molar-refractivity contribution in [3.8, 4) is 0 Å². The zero-order chi connectivity index (χ0) is 33.8. The molecule has 6 atom stereocenters. The molecule has 0 spiro atoms. The first-order valence-electron chi connectivity index (χ1n) is 15.1. The number of aliphatic hydroxyl groups is 2. The molecule has 5 amide bonds. The third-order valence-corrected chi connectivity index (χ3v) is 7.68. The second-order valence-electron chi connectivity index (χ2n) is 12.5. The average molecular weight is 612 g/mol. The largest absolute Gasteiger partial charge is 0.390 e. The van der Waals surface area contributed by atoms with Crippen molar-refractivity contribution >= 4 is 29.5 Å². The Bertz CT molecular complexity index is 978. The van der Waals surface area contributed by atoms with E-state index in [4.69, 9.17) is 0 Å². The molecule has 12 nitrogen and oxygen atoms in total. The highest BCUT2D eigenvalue weighted by Crippen LogP contribution is 2.20. The zero-order valence-corrected chi connectivity index (χ0v) is 28.3. The molecule has 0 heterocycles. The number of aliphatic hydroxyl groups excluding tert-OH is 1. The summed E-state index contributed by atoms with van der Waals surface area (Å²) >= 11 is 0. The van der Waals surface area contributed by atoms with E-state index < -0.39 is 59.5 Å². The monoisotopic (exact) mass is 611 g/mol. The minimum atomic E-state index is -1.24. The highest BCUT2D eigenvalue weighted by molar-refractivity contribution is 5.95. The van der Waals surface area contributed by atoms with E-state index in [-0.39, 0.29) is 37.0 Å². The Labute approximate surface area is 258 Å². The van der Waals surface area contributed by atoms with Crippen LogP contribution in [0.3, 0.4) is 0 Å². The van der Waals surface area contributed by atoms with Gasteiger partial charge in [-0.25, -0.2) is 0 Å². The van der Waals surface area contributed by atoms with Crippen LogP contribution in [0.25, 0.3) is 0 Å². The van der Waals surface area contributed by atoms with Gasteiger partial charge in [0.1, 0.15) is 24.2 Å². The fourth-order valence-corrected chi connectivity index (χ4v) is 4.70. The van der Waals surface area contributed by atoms with Crippen molar-refractivity contribution in [1.29, 1.82) is 0 Å². The minimum absolute atomic E-state index is 0.0217. The minimum Gasteiger partial charge on any atom is -0.390 e. The summed E-state index contributed by atoms with van der Waals surface area (Å²) in [4.78, 5) is 69.7. The van der Waals surface area contributed by atoms with Crippen LogP contribution in [0.15, 0.2) is 12.2 Å². The fourth-order valence-electron chi connectivity index (χ4n) is 4.70. The van der Waals surface area contributed by atoms with Crippen LogP contribution in [0.4, 0.5) is 0 Å². The molecule has 0 aromatic carbocycles. The lowest BCUT2D eigenvalue weighted by molar-refractivity contribution is -0.150. The Morgan fingerprint density at radius 2 is 1.47 bits per heavy atom. The van der Waals surface area contributed by atoms with Crippen LogP contribution in [0.5, 0.6) is 0 Å². The van der Waals surface area contributed by atoms with Crippen LogP contribution >= 0.6 is 0 Å². The van der Waals surface area contributed by atoms with Gasteiger partial charge in [-0.05, 0) is 52.4 Å². The first kappa shape index (κ1) is 40.0. The van der Waals surface area contributed by atoms with Crippen LogP contribution in [0.1, 0.15) is 81.1 Å². The summed E-state index contributed by atoms with van der Waals surface area (Å²) in [6, 6.07) is -4.26. The summed E-state index contributed by atoms with van der Waals surface area (Å²) < 4.78 is 0. The molecule has 0 saturated heterocycles. The van der Waals surface area contributed by atoms with Crippen LogP contribution in [-0.4, -0.2) is 119 Å². The predicted octanol–water partition coefficient (Wildman–Crippen LogP) is 1.30. The van der Waals surface area contributed by atoms with Crippen molar-refractivity contribution in [2.45, 2.75) is 117 Å². The van der Waals surface area contributed by atoms with Gasteiger partial charge in [0.2, 0.25) is 29.5 Å². The standard InChI is InChI=1S/C31H57N5O7/c1-13-15-16-20(5)26(38)25(36(12)24(37)17-19(3)4)28(40)33-22(14-2)30(42)34(10)21(6)29(41)35(11)23(27(39)32-9)18-31(7,8)43/h13,15,19-23,25-26,38,43H,14,16-18H2,1-12H3,(H,32,39)(H,33,40)/b15-13+/t20-,21-,22+,23+,25+,26-/m1/s1. The topological polar surface area (TPSA) is 160 Å². The predicted molar refractivity (Wildman–Crippen MR) is 167 cm³/mol. The summed E-state index contributed by atoms with van der Waals surface area (Å²) in [5.41, 5.74) is -1.23. The van der Waals surface area contributed by atoms with Gasteiger partial charge in [0.15, 0.2) is 0 Å². The van der Waals surface area contributed by atoms with Crippen LogP contribution in [0, 0.1) is 11.8 Å². The molecule has 43 heavy (non-hydrogen) atoms. The second kappa shape index (κ2) is 18.0. The Morgan fingerprint density at radius 1 is 0.907 bits per heavy atom. The molecule has 0 aliphatic carbocycles. The number of nitrogens with one attached hydrogen (secondary N) is 2. The molecule has 0 rings (SSSR count). The van der Waals surface area contributed by atoms with Crippen molar-refractivity contribution in [3.05, 3.63) is 12.2 Å². The van der Waals surface area contributed by atoms with E-state index >= 15 is 0 Å². The number of carbonyl (C=O) groups is 5. The first-order chi connectivity index (χ1) is 19.7. The summed E-state index contributed by atoms with van der Waals surface area (Å²) in [5, 5.41) is 26.7. The Balaban J connectivity index is 6.05. The molecule has 0 aliphatic rings. The van der Waals surface area contributed by atoms with Crippen molar-refractivity contribution in [3.63, 3.8) is 0 Å². The Hall–Kier alpha value is -2.99. The number of rotatable bonds is 17. The molecule has 0 radical (unpaired) electrons. The van der Waals surface area contributed by atoms with E-state index in [1.165, 1.54) is 63.7 Å². The zero-order valence-electron chi connectivity index (χ0n) is 28.3. The summed E-state index contributed by atoms with van der Waals surface area (Å²) in [6.07, 6.45) is 3.36. The van der Waals surface area contributed by atoms with Crippen molar-refractivity contribution in [2.75, 3.05) is 28.2 Å². The molecule has 0 aromatic heterocycles. The Kier molecular flexibility index (Phi) is 16.7. The van der Waals surface area contributed by atoms with Gasteiger partial charge in [0, 0.05) is 41.0 Å². The van der Waals surface area contributed by atoms with Gasteiger partial charge < -0.3 is 35.5 Å². The van der Waals surface area contributed by atoms with Gasteiger partial charge in [-0.3, -0.25) is 24.0 Å². The maximum Gasteiger partial charge on any atom is 0.246 e. The number of hydrogen-bond acceptors (Lipinski definition) is 7. The quantitative estimate of drug-likeness (QED) is 0.180. The first-order valence-corrected chi connectivity index (χ1v) is 15.1. The molecule has 0 bridgehead atoms. The van der Waals surface area contributed by atoms with Gasteiger partial charge in [-0.1, -0.05) is 39.8 Å². The van der Waals surface area contributed by atoms with E-state index in [0.29, 0.717) is 6.42 Å². The van der Waals surface area contributed by atoms with Crippen molar-refractivity contribution in [1.82, 2.24) is 25.3 Å². The number of amides is 5. The fraction of sp³-hybridized carbons (Fsp3) is 0.774. The third-order valence-electron chi connectivity index (χ3n) is 7.68. The lowest BCUT2D eigenvalue weighted by atomic mass is 9.92. The number of allylic oxidation sites excluding steroid dienone is 2. The normalized spacial score (nSPS) is 16.1. The summed E-state index contributed by atoms with van der Waals surface area (Å²) in [7, 11) is 5.78. The maximum atomic E-state index is 13.6. The van der Waals surface area contributed by atoms with Gasteiger partial charge in [0.25, 0.3) is 0 Å². The van der Waals surface area contributed by atoms with Crippen LogP contribution < -0.4 is 10.6 Å². The Morgan fingerprint density at radius 3 is 1.91 bits per heavy atom. The molecule has 4 N–H and O–H groups in total. The molecule has 0 saturated carbocycles. The van der Waals surface area contributed by atoms with Gasteiger partial charge in [0.05, 0.1) is 11.7 Å². The third kappa shape index (κ3) is 12.3. The van der Waals surface area contributed by atoms with E-state index in [9.17, 15) is 34.2 Å². The highest BCUT2D eigenvalue weighted by atomic mass is 16.3. The molecular weight excluding hydrogens is 554 g/mol. The van der Waals surface area contributed by atoms with Crippen molar-refractivity contribution < 1.29 is 34.2 Å². The molecular formula is C31H57N5O7. The second-order valence-corrected chi connectivity index (χ2v) is 12.5. The SMILES string of the molecule is C/C=C/C[C@@H](C)[C@@H](O)[C@@H](C(=O)N[C@@H](CC)C(=O)N(C)[C@H](C)C(=O)N(C)[C@@H](CC(C)(C)O)C(=O)NC)N(C)C(=O)CC(C)C. The molecule has 248 valence electrons. The van der Waals surface area contributed by atoms with E-state index in [2.05, 4.69) is 10.6 Å². The average Bonchev–Trinajstić information content (AvgIpc) is 2.93. The van der Waals surface area contributed by atoms with Crippen LogP contribution in [0.2, 0.25) is 0 Å². The molecule has 0 aliphatic heterocycles. The highest BCUT2D eigenvalue weighted by Gasteiger charge is 2.40. The van der Waals surface area contributed by atoms with E-state index in [1.807, 2.05) is 32.9 Å². The lowest BCUT2D eigenvalue weighted by Gasteiger charge is -2.37. The number of carbonyl (C=O) groups excluding carboxylic acids is 5. The number of hydrogen-bond donors (Lipinski definition) is 4.